The summed E-state index contributed by atoms with van der Waals surface area (Å²) < 4.78 is 33.4. The van der Waals surface area contributed by atoms with Gasteiger partial charge in [-0.3, -0.25) is 10.2 Å². The third kappa shape index (κ3) is 4.59. The van der Waals surface area contributed by atoms with Crippen LogP contribution in [0.1, 0.15) is 11.1 Å². The minimum Gasteiger partial charge on any atom is -0.497 e. The predicted molar refractivity (Wildman–Crippen MR) is 124 cm³/mol. The molecular formula is C22H19ClN4O4S. The summed E-state index contributed by atoms with van der Waals surface area (Å²) in [4.78, 5) is 12.4. The van der Waals surface area contributed by atoms with Crippen molar-refractivity contribution in [1.29, 1.82) is 0 Å². The number of carbonyl (C=O) groups is 1. The lowest BCUT2D eigenvalue weighted by atomic mass is 10.1. The second-order valence-corrected chi connectivity index (χ2v) is 9.06. The maximum absolute atomic E-state index is 12.9. The fourth-order valence-electron chi connectivity index (χ4n) is 3.12. The summed E-state index contributed by atoms with van der Waals surface area (Å²) in [5.74, 6) is 0.189. The molecule has 0 spiro atoms. The van der Waals surface area contributed by atoms with Gasteiger partial charge in [-0.15, -0.1) is 0 Å². The van der Waals surface area contributed by atoms with Crippen LogP contribution in [0.2, 0.25) is 5.02 Å². The lowest BCUT2D eigenvalue weighted by Gasteiger charge is -2.09. The summed E-state index contributed by atoms with van der Waals surface area (Å²) in [6.45, 7) is 0.0861. The Bertz CT molecular complexity index is 1330. The highest BCUT2D eigenvalue weighted by molar-refractivity contribution is 7.89. The maximum atomic E-state index is 12.9. The molecule has 1 aliphatic heterocycles. The van der Waals surface area contributed by atoms with Gasteiger partial charge >= 0.3 is 0 Å². The lowest BCUT2D eigenvalue weighted by molar-refractivity contribution is -0.110. The summed E-state index contributed by atoms with van der Waals surface area (Å²) in [5.41, 5.74) is 4.93. The van der Waals surface area contributed by atoms with Crippen LogP contribution in [0.3, 0.4) is 0 Å². The lowest BCUT2D eigenvalue weighted by Crippen LogP contribution is -2.23. The summed E-state index contributed by atoms with van der Waals surface area (Å²) in [7, 11) is -2.30. The van der Waals surface area contributed by atoms with Crippen LogP contribution in [0, 0.1) is 0 Å². The van der Waals surface area contributed by atoms with E-state index in [-0.39, 0.29) is 17.2 Å². The van der Waals surface area contributed by atoms with E-state index in [0.717, 1.165) is 5.56 Å². The van der Waals surface area contributed by atoms with E-state index in [9.17, 15) is 13.2 Å². The number of carbonyl (C=O) groups excluding carboxylic acids is 1. The molecule has 0 fully saturated rings. The first-order valence-electron chi connectivity index (χ1n) is 9.54. The minimum atomic E-state index is -3.84. The van der Waals surface area contributed by atoms with Crippen molar-refractivity contribution in [3.63, 3.8) is 0 Å². The standard InChI is InChI=1S/C22H19ClN4O4S/c1-31-15-6-4-5-14(11-15)13-24-32(29,30)16-9-10-19-17(12-16)21(22(28)25-19)27-26-20-8-3-2-7-18(20)23/h2-12,24,26H,13H2,1H3,(H,25,27,28). The van der Waals surface area contributed by atoms with Crippen molar-refractivity contribution in [2.24, 2.45) is 5.10 Å². The monoisotopic (exact) mass is 470 g/mol. The van der Waals surface area contributed by atoms with Crippen molar-refractivity contribution >= 4 is 44.6 Å². The SMILES string of the molecule is COc1cccc(CNS(=O)(=O)c2ccc3c(c2)/C(=N/Nc2ccccc2Cl)C(=O)N3)c1. The number of halogens is 1. The number of para-hydroxylation sites is 1. The molecule has 0 bridgehead atoms. The number of nitrogens with zero attached hydrogens (tertiary/aromatic N) is 1. The first-order valence-corrected chi connectivity index (χ1v) is 11.4. The summed E-state index contributed by atoms with van der Waals surface area (Å²) in [6.07, 6.45) is 0. The Labute approximate surface area is 190 Å². The Balaban J connectivity index is 1.57. The molecule has 3 N–H and O–H groups in total. The van der Waals surface area contributed by atoms with Gasteiger partial charge in [0, 0.05) is 12.1 Å². The van der Waals surface area contributed by atoms with Gasteiger partial charge in [-0.2, -0.15) is 5.10 Å². The van der Waals surface area contributed by atoms with Crippen molar-refractivity contribution in [1.82, 2.24) is 4.72 Å². The molecule has 1 amide bonds. The van der Waals surface area contributed by atoms with Crippen LogP contribution in [0.5, 0.6) is 5.75 Å². The molecule has 0 atom stereocenters. The number of hydrogen-bond donors (Lipinski definition) is 3. The molecule has 1 heterocycles. The van der Waals surface area contributed by atoms with E-state index in [2.05, 4.69) is 20.6 Å². The number of methoxy groups -OCH3 is 1. The zero-order chi connectivity index (χ0) is 22.7. The molecule has 0 saturated heterocycles. The van der Waals surface area contributed by atoms with Gasteiger partial charge in [-0.25, -0.2) is 13.1 Å². The molecule has 32 heavy (non-hydrogen) atoms. The summed E-state index contributed by atoms with van der Waals surface area (Å²) >= 11 is 6.11. The van der Waals surface area contributed by atoms with Crippen LogP contribution in [0.15, 0.2) is 76.7 Å². The minimum absolute atomic E-state index is 0.0149. The fourth-order valence-corrected chi connectivity index (χ4v) is 4.34. The van der Waals surface area contributed by atoms with Crippen LogP contribution in [-0.2, 0) is 21.4 Å². The number of rotatable bonds is 7. The number of benzene rings is 3. The van der Waals surface area contributed by atoms with Gasteiger partial charge < -0.3 is 10.1 Å². The van der Waals surface area contributed by atoms with E-state index >= 15 is 0 Å². The van der Waals surface area contributed by atoms with E-state index in [0.29, 0.717) is 27.7 Å². The Hall–Kier alpha value is -3.40. The molecule has 3 aromatic carbocycles. The first-order chi connectivity index (χ1) is 15.4. The molecule has 0 unspecified atom stereocenters. The largest absolute Gasteiger partial charge is 0.497 e. The van der Waals surface area contributed by atoms with Crippen LogP contribution in [0.25, 0.3) is 0 Å². The van der Waals surface area contributed by atoms with Gasteiger partial charge in [-0.1, -0.05) is 35.9 Å². The second kappa shape index (κ2) is 8.99. The van der Waals surface area contributed by atoms with E-state index in [4.69, 9.17) is 16.3 Å². The van der Waals surface area contributed by atoms with Gasteiger partial charge in [0.2, 0.25) is 10.0 Å². The molecule has 8 nitrogen and oxygen atoms in total. The highest BCUT2D eigenvalue weighted by Crippen LogP contribution is 2.27. The fraction of sp³-hybridized carbons (Fsp3) is 0.0909. The number of fused-ring (bicyclic) bond motifs is 1. The van der Waals surface area contributed by atoms with E-state index in [1.165, 1.54) is 18.2 Å². The topological polar surface area (TPSA) is 109 Å². The molecule has 1 aliphatic rings. The Morgan fingerprint density at radius 3 is 2.66 bits per heavy atom. The number of anilines is 2. The highest BCUT2D eigenvalue weighted by Gasteiger charge is 2.28. The Morgan fingerprint density at radius 2 is 1.88 bits per heavy atom. The first kappa shape index (κ1) is 21.8. The van der Waals surface area contributed by atoms with Crippen molar-refractivity contribution in [2.75, 3.05) is 17.9 Å². The number of ether oxygens (including phenoxy) is 1. The van der Waals surface area contributed by atoms with Gasteiger partial charge in [0.25, 0.3) is 5.91 Å². The molecule has 0 radical (unpaired) electrons. The Morgan fingerprint density at radius 1 is 1.06 bits per heavy atom. The third-order valence-electron chi connectivity index (χ3n) is 4.78. The average molecular weight is 471 g/mol. The number of amides is 1. The number of sulfonamides is 1. The normalized spacial score (nSPS) is 14.2. The van der Waals surface area contributed by atoms with E-state index in [1.807, 2.05) is 0 Å². The van der Waals surface area contributed by atoms with Crippen LogP contribution in [0.4, 0.5) is 11.4 Å². The quantitative estimate of drug-likeness (QED) is 0.457. The summed E-state index contributed by atoms with van der Waals surface area (Å²) in [6, 6.07) is 18.4. The zero-order valence-corrected chi connectivity index (χ0v) is 18.5. The number of hydrogen-bond acceptors (Lipinski definition) is 6. The number of nitrogens with one attached hydrogen (secondary N) is 3. The molecule has 10 heteroatoms. The zero-order valence-electron chi connectivity index (χ0n) is 16.9. The van der Waals surface area contributed by atoms with Crippen LogP contribution >= 0.6 is 11.6 Å². The molecule has 0 aromatic heterocycles. The van der Waals surface area contributed by atoms with E-state index < -0.39 is 15.9 Å². The molecule has 4 rings (SSSR count). The number of hydrazone groups is 1. The van der Waals surface area contributed by atoms with Crippen molar-refractivity contribution in [3.8, 4) is 5.75 Å². The van der Waals surface area contributed by atoms with Gasteiger partial charge in [0.05, 0.1) is 28.4 Å². The van der Waals surface area contributed by atoms with Crippen LogP contribution in [-0.4, -0.2) is 27.1 Å². The van der Waals surface area contributed by atoms with Crippen molar-refractivity contribution < 1.29 is 17.9 Å². The molecule has 164 valence electrons. The van der Waals surface area contributed by atoms with Crippen molar-refractivity contribution in [2.45, 2.75) is 11.4 Å². The smallest absolute Gasteiger partial charge is 0.276 e. The van der Waals surface area contributed by atoms with Gasteiger partial charge in [-0.05, 0) is 48.0 Å². The van der Waals surface area contributed by atoms with Crippen molar-refractivity contribution in [3.05, 3.63) is 82.9 Å². The summed E-state index contributed by atoms with van der Waals surface area (Å²) in [5, 5.41) is 7.27. The van der Waals surface area contributed by atoms with Gasteiger partial charge in [0.15, 0.2) is 5.71 Å². The molecular weight excluding hydrogens is 452 g/mol. The molecule has 0 aliphatic carbocycles. The maximum Gasteiger partial charge on any atom is 0.276 e. The third-order valence-corrected chi connectivity index (χ3v) is 6.51. The van der Waals surface area contributed by atoms with E-state index in [1.54, 1.807) is 55.6 Å². The second-order valence-electron chi connectivity index (χ2n) is 6.89. The highest BCUT2D eigenvalue weighted by atomic mass is 35.5. The Kier molecular flexibility index (Phi) is 6.13. The van der Waals surface area contributed by atoms with Gasteiger partial charge in [0.1, 0.15) is 5.75 Å². The molecule has 0 saturated carbocycles. The average Bonchev–Trinajstić information content (AvgIpc) is 3.11. The van der Waals surface area contributed by atoms with Crippen LogP contribution < -0.4 is 20.2 Å². The molecule has 3 aromatic rings. The predicted octanol–water partition coefficient (Wildman–Crippen LogP) is 3.60.